The summed E-state index contributed by atoms with van der Waals surface area (Å²) in [5.41, 5.74) is 1.34. The Bertz CT molecular complexity index is 629. The van der Waals surface area contributed by atoms with Crippen molar-refractivity contribution in [3.05, 3.63) is 67.6 Å². The van der Waals surface area contributed by atoms with E-state index in [1.807, 2.05) is 13.0 Å². The third-order valence-electron chi connectivity index (χ3n) is 2.78. The Kier molecular flexibility index (Phi) is 4.38. The monoisotopic (exact) mass is 390 g/mol. The van der Waals surface area contributed by atoms with Crippen molar-refractivity contribution in [2.75, 3.05) is 0 Å². The zero-order valence-electron chi connectivity index (χ0n) is 9.92. The highest BCUT2D eigenvalue weighted by atomic mass is 79.9. The lowest BCUT2D eigenvalue weighted by Crippen LogP contribution is -2.05. The van der Waals surface area contributed by atoms with Crippen LogP contribution in [0.15, 0.2) is 39.3 Å². The number of halogens is 4. The maximum absolute atomic E-state index is 13.8. The fraction of sp³-hybridized carbons (Fsp3) is 0.143. The second-order valence-corrected chi connectivity index (χ2v) is 5.92. The van der Waals surface area contributed by atoms with Gasteiger partial charge in [0.15, 0.2) is 0 Å². The molecular weight excluding hydrogens is 382 g/mol. The van der Waals surface area contributed by atoms with Crippen LogP contribution in [0.5, 0.6) is 0 Å². The molecule has 0 aliphatic carbocycles. The van der Waals surface area contributed by atoms with E-state index in [-0.39, 0.29) is 10.0 Å². The largest absolute Gasteiger partial charge is 0.384 e. The number of benzene rings is 2. The average molecular weight is 392 g/mol. The van der Waals surface area contributed by atoms with Gasteiger partial charge in [-0.3, -0.25) is 0 Å². The first-order chi connectivity index (χ1) is 8.90. The zero-order valence-corrected chi connectivity index (χ0v) is 13.1. The summed E-state index contributed by atoms with van der Waals surface area (Å²) in [5.74, 6) is -1.27. The summed E-state index contributed by atoms with van der Waals surface area (Å²) in [6.07, 6.45) is -1.23. The Balaban J connectivity index is 2.52. The van der Waals surface area contributed by atoms with Gasteiger partial charge in [0.05, 0.1) is 4.47 Å². The molecule has 5 heteroatoms. The molecule has 0 aromatic heterocycles. The normalized spacial score (nSPS) is 12.5. The molecule has 19 heavy (non-hydrogen) atoms. The summed E-state index contributed by atoms with van der Waals surface area (Å²) in [5, 5.41) is 10.2. The van der Waals surface area contributed by atoms with Gasteiger partial charge in [-0.15, -0.1) is 0 Å². The molecule has 0 saturated heterocycles. The number of hydrogen-bond donors (Lipinski definition) is 1. The molecule has 0 amide bonds. The Hall–Kier alpha value is -0.780. The summed E-state index contributed by atoms with van der Waals surface area (Å²) in [6, 6.07) is 7.37. The van der Waals surface area contributed by atoms with Gasteiger partial charge in [0.1, 0.15) is 17.7 Å². The second kappa shape index (κ2) is 5.69. The van der Waals surface area contributed by atoms with Crippen molar-refractivity contribution in [3.63, 3.8) is 0 Å². The van der Waals surface area contributed by atoms with E-state index in [9.17, 15) is 13.9 Å². The fourth-order valence-electron chi connectivity index (χ4n) is 1.79. The Morgan fingerprint density at radius 2 is 1.63 bits per heavy atom. The van der Waals surface area contributed by atoms with Gasteiger partial charge < -0.3 is 5.11 Å². The van der Waals surface area contributed by atoms with Crippen molar-refractivity contribution in [1.29, 1.82) is 0 Å². The van der Waals surface area contributed by atoms with Gasteiger partial charge in [-0.25, -0.2) is 8.78 Å². The first-order valence-electron chi connectivity index (χ1n) is 5.48. The Labute approximate surface area is 126 Å². The van der Waals surface area contributed by atoms with Gasteiger partial charge in [-0.1, -0.05) is 33.6 Å². The second-order valence-electron chi connectivity index (χ2n) is 4.22. The van der Waals surface area contributed by atoms with E-state index < -0.39 is 17.7 Å². The summed E-state index contributed by atoms with van der Waals surface area (Å²) >= 11 is 6.21. The molecule has 0 radical (unpaired) electrons. The van der Waals surface area contributed by atoms with Crippen LogP contribution in [-0.4, -0.2) is 5.11 Å². The molecule has 1 unspecified atom stereocenters. The fourth-order valence-corrected chi connectivity index (χ4v) is 2.57. The first-order valence-corrected chi connectivity index (χ1v) is 7.07. The highest BCUT2D eigenvalue weighted by Gasteiger charge is 2.19. The van der Waals surface area contributed by atoms with Crippen molar-refractivity contribution in [3.8, 4) is 0 Å². The van der Waals surface area contributed by atoms with E-state index in [0.717, 1.165) is 17.7 Å². The molecule has 0 aliphatic rings. The predicted molar refractivity (Wildman–Crippen MR) is 77.0 cm³/mol. The molecule has 1 N–H and O–H groups in total. The third kappa shape index (κ3) is 3.04. The van der Waals surface area contributed by atoms with Crippen LogP contribution in [-0.2, 0) is 0 Å². The van der Waals surface area contributed by atoms with Crippen molar-refractivity contribution >= 4 is 31.9 Å². The third-order valence-corrected chi connectivity index (χ3v) is 4.11. The highest BCUT2D eigenvalue weighted by Crippen LogP contribution is 2.32. The molecule has 0 bridgehead atoms. The average Bonchev–Trinajstić information content (AvgIpc) is 2.36. The molecule has 1 nitrogen and oxygen atoms in total. The van der Waals surface area contributed by atoms with E-state index in [1.54, 1.807) is 12.1 Å². The number of rotatable bonds is 2. The van der Waals surface area contributed by atoms with E-state index in [2.05, 4.69) is 31.9 Å². The first kappa shape index (κ1) is 14.6. The van der Waals surface area contributed by atoms with Crippen LogP contribution in [0.4, 0.5) is 8.78 Å². The molecule has 0 saturated carbocycles. The molecule has 2 aromatic rings. The van der Waals surface area contributed by atoms with E-state index in [0.29, 0.717) is 10.0 Å². The SMILES string of the molecule is Cc1ccc(Br)c(C(O)c2cc(F)c(Br)cc2F)c1. The number of aliphatic hydroxyl groups is 1. The minimum atomic E-state index is -1.23. The molecule has 2 rings (SSSR count). The number of aryl methyl sites for hydroxylation is 1. The molecular formula is C14H10Br2F2O. The zero-order chi connectivity index (χ0) is 14.2. The van der Waals surface area contributed by atoms with Crippen molar-refractivity contribution in [2.24, 2.45) is 0 Å². The Morgan fingerprint density at radius 3 is 2.32 bits per heavy atom. The lowest BCUT2D eigenvalue weighted by atomic mass is 9.99. The quantitative estimate of drug-likeness (QED) is 0.723. The van der Waals surface area contributed by atoms with Crippen molar-refractivity contribution in [2.45, 2.75) is 13.0 Å². The lowest BCUT2D eigenvalue weighted by molar-refractivity contribution is 0.213. The van der Waals surface area contributed by atoms with E-state index in [1.165, 1.54) is 0 Å². The van der Waals surface area contributed by atoms with Crippen LogP contribution in [0.25, 0.3) is 0 Å². The maximum atomic E-state index is 13.8. The Morgan fingerprint density at radius 1 is 0.947 bits per heavy atom. The van der Waals surface area contributed by atoms with Gasteiger partial charge in [0.2, 0.25) is 0 Å². The highest BCUT2D eigenvalue weighted by molar-refractivity contribution is 9.10. The molecule has 1 atom stereocenters. The molecule has 0 spiro atoms. The summed E-state index contributed by atoms with van der Waals surface area (Å²) in [7, 11) is 0. The minimum Gasteiger partial charge on any atom is -0.384 e. The van der Waals surface area contributed by atoms with E-state index in [4.69, 9.17) is 0 Å². The van der Waals surface area contributed by atoms with Gasteiger partial charge in [-0.05, 0) is 46.6 Å². The molecule has 0 heterocycles. The van der Waals surface area contributed by atoms with Crippen LogP contribution < -0.4 is 0 Å². The van der Waals surface area contributed by atoms with Gasteiger partial charge in [-0.2, -0.15) is 0 Å². The van der Waals surface area contributed by atoms with Crippen LogP contribution in [0.1, 0.15) is 22.8 Å². The minimum absolute atomic E-state index is 0.0317. The summed E-state index contributed by atoms with van der Waals surface area (Å²) in [6.45, 7) is 1.86. The van der Waals surface area contributed by atoms with Gasteiger partial charge in [0.25, 0.3) is 0 Å². The summed E-state index contributed by atoms with van der Waals surface area (Å²) < 4.78 is 28.0. The van der Waals surface area contributed by atoms with Crippen molar-refractivity contribution in [1.82, 2.24) is 0 Å². The van der Waals surface area contributed by atoms with Crippen LogP contribution in [0.3, 0.4) is 0 Å². The number of hydrogen-bond acceptors (Lipinski definition) is 1. The molecule has 0 aliphatic heterocycles. The van der Waals surface area contributed by atoms with Crippen LogP contribution in [0, 0.1) is 18.6 Å². The van der Waals surface area contributed by atoms with Crippen LogP contribution >= 0.6 is 31.9 Å². The maximum Gasteiger partial charge on any atom is 0.137 e. The lowest BCUT2D eigenvalue weighted by Gasteiger charge is -2.15. The standard InChI is InChI=1S/C14H10Br2F2O/c1-7-2-3-10(15)8(4-7)14(19)9-5-13(18)11(16)6-12(9)17/h2-6,14,19H,1H3. The predicted octanol–water partition coefficient (Wildman–Crippen LogP) is 4.88. The summed E-state index contributed by atoms with van der Waals surface area (Å²) in [4.78, 5) is 0. The topological polar surface area (TPSA) is 20.2 Å². The van der Waals surface area contributed by atoms with Crippen LogP contribution in [0.2, 0.25) is 0 Å². The molecule has 2 aromatic carbocycles. The van der Waals surface area contributed by atoms with Crippen molar-refractivity contribution < 1.29 is 13.9 Å². The molecule has 100 valence electrons. The van der Waals surface area contributed by atoms with E-state index >= 15 is 0 Å². The number of aliphatic hydroxyl groups excluding tert-OH is 1. The smallest absolute Gasteiger partial charge is 0.137 e. The molecule has 0 fully saturated rings. The van der Waals surface area contributed by atoms with Gasteiger partial charge in [0, 0.05) is 10.0 Å². The van der Waals surface area contributed by atoms with Gasteiger partial charge >= 0.3 is 0 Å².